The molecule has 0 radical (unpaired) electrons. The summed E-state index contributed by atoms with van der Waals surface area (Å²) in [5, 5.41) is 0. The lowest BCUT2D eigenvalue weighted by atomic mass is 9.93. The van der Waals surface area contributed by atoms with Crippen molar-refractivity contribution in [3.63, 3.8) is 0 Å². The summed E-state index contributed by atoms with van der Waals surface area (Å²) in [6, 6.07) is 56.2. The minimum Gasteiger partial charge on any atom is -0.299 e. The van der Waals surface area contributed by atoms with Crippen LogP contribution in [0.3, 0.4) is 0 Å². The minimum atomic E-state index is 0.600. The molecule has 0 spiro atoms. The lowest BCUT2D eigenvalue weighted by Gasteiger charge is -2.14. The van der Waals surface area contributed by atoms with Crippen LogP contribution in [0.15, 0.2) is 170 Å². The third-order valence-corrected chi connectivity index (χ3v) is 9.47. The standard InChI is InChI=1S/C47H34N6/c1-31-24-25-41(32(2)48-31)39-28-38(29-40(30-39)47-51-45(34-17-8-4-9-18-34)50-46(52-47)35-19-10-5-11-20-35)36-21-14-22-37(27-36)44-43(33-15-6-3-7-16-33)49-42-23-12-13-26-53(42)44/h3-30H,1-2H3. The molecule has 0 unspecified atom stereocenters. The molecule has 252 valence electrons. The molecule has 0 saturated carbocycles. The third kappa shape index (κ3) is 6.28. The maximum Gasteiger partial charge on any atom is 0.164 e. The monoisotopic (exact) mass is 682 g/mol. The lowest BCUT2D eigenvalue weighted by molar-refractivity contribution is 1.07. The van der Waals surface area contributed by atoms with E-state index in [2.05, 4.69) is 102 Å². The highest BCUT2D eigenvalue weighted by molar-refractivity contribution is 5.86. The van der Waals surface area contributed by atoms with Crippen LogP contribution in [0.4, 0.5) is 0 Å². The topological polar surface area (TPSA) is 68.9 Å². The molecule has 53 heavy (non-hydrogen) atoms. The van der Waals surface area contributed by atoms with E-state index in [0.717, 1.165) is 78.5 Å². The SMILES string of the molecule is Cc1ccc(-c2cc(-c3cccc(-c4c(-c5ccccc5)nc5ccccn45)c3)cc(-c3nc(-c4ccccc4)nc(-c4ccccc4)n3)c2)c(C)n1. The molecule has 0 fully saturated rings. The quantitative estimate of drug-likeness (QED) is 0.167. The Kier molecular flexibility index (Phi) is 8.18. The van der Waals surface area contributed by atoms with Gasteiger partial charge in [0, 0.05) is 51.0 Å². The summed E-state index contributed by atoms with van der Waals surface area (Å²) in [4.78, 5) is 25.0. The Morgan fingerprint density at radius 2 is 0.906 bits per heavy atom. The van der Waals surface area contributed by atoms with Gasteiger partial charge in [0.1, 0.15) is 5.65 Å². The summed E-state index contributed by atoms with van der Waals surface area (Å²) < 4.78 is 2.17. The molecule has 5 aromatic carbocycles. The van der Waals surface area contributed by atoms with E-state index in [1.165, 1.54) is 0 Å². The van der Waals surface area contributed by atoms with E-state index in [-0.39, 0.29) is 0 Å². The molecule has 4 aromatic heterocycles. The summed E-state index contributed by atoms with van der Waals surface area (Å²) in [5.41, 5.74) is 13.9. The molecule has 0 aliphatic carbocycles. The van der Waals surface area contributed by atoms with Gasteiger partial charge >= 0.3 is 0 Å². The molecule has 0 aliphatic heterocycles. The van der Waals surface area contributed by atoms with E-state index >= 15 is 0 Å². The molecule has 4 heterocycles. The van der Waals surface area contributed by atoms with Crippen molar-refractivity contribution in [3.8, 4) is 78.9 Å². The van der Waals surface area contributed by atoms with Gasteiger partial charge in [-0.25, -0.2) is 19.9 Å². The Hall–Kier alpha value is -7.05. The summed E-state index contributed by atoms with van der Waals surface area (Å²) in [7, 11) is 0. The lowest BCUT2D eigenvalue weighted by Crippen LogP contribution is -2.01. The number of imidazole rings is 1. The van der Waals surface area contributed by atoms with Crippen molar-refractivity contribution in [2.45, 2.75) is 13.8 Å². The summed E-state index contributed by atoms with van der Waals surface area (Å²) in [6.45, 7) is 4.09. The number of rotatable bonds is 7. The minimum absolute atomic E-state index is 0.600. The van der Waals surface area contributed by atoms with Crippen LogP contribution in [-0.4, -0.2) is 29.3 Å². The fourth-order valence-corrected chi connectivity index (χ4v) is 6.92. The first-order valence-electron chi connectivity index (χ1n) is 17.7. The fraction of sp³-hybridized carbons (Fsp3) is 0.0426. The van der Waals surface area contributed by atoms with Crippen molar-refractivity contribution in [3.05, 3.63) is 181 Å². The van der Waals surface area contributed by atoms with Crippen LogP contribution < -0.4 is 0 Å². The Morgan fingerprint density at radius 1 is 0.377 bits per heavy atom. The Bertz CT molecular complexity index is 2680. The van der Waals surface area contributed by atoms with Gasteiger partial charge in [0.15, 0.2) is 17.5 Å². The predicted molar refractivity (Wildman–Crippen MR) is 214 cm³/mol. The number of aromatic nitrogens is 6. The molecule has 0 bridgehead atoms. The molecule has 6 nitrogen and oxygen atoms in total. The summed E-state index contributed by atoms with van der Waals surface area (Å²) in [5.74, 6) is 1.85. The van der Waals surface area contributed by atoms with Crippen LogP contribution in [0.5, 0.6) is 0 Å². The van der Waals surface area contributed by atoms with Gasteiger partial charge in [-0.2, -0.15) is 0 Å². The third-order valence-electron chi connectivity index (χ3n) is 9.47. The van der Waals surface area contributed by atoms with Crippen molar-refractivity contribution in [2.75, 3.05) is 0 Å². The average Bonchev–Trinajstić information content (AvgIpc) is 3.61. The first-order valence-corrected chi connectivity index (χ1v) is 17.7. The zero-order valence-electron chi connectivity index (χ0n) is 29.3. The summed E-state index contributed by atoms with van der Waals surface area (Å²) in [6.07, 6.45) is 2.08. The zero-order valence-corrected chi connectivity index (χ0v) is 29.3. The summed E-state index contributed by atoms with van der Waals surface area (Å²) >= 11 is 0. The van der Waals surface area contributed by atoms with Gasteiger partial charge in [-0.15, -0.1) is 0 Å². The molecule has 0 saturated heterocycles. The maximum atomic E-state index is 5.09. The maximum absolute atomic E-state index is 5.09. The van der Waals surface area contributed by atoms with Gasteiger partial charge in [-0.3, -0.25) is 9.38 Å². The number of benzene rings is 5. The van der Waals surface area contributed by atoms with E-state index in [1.807, 2.05) is 85.8 Å². The Balaban J connectivity index is 1.26. The van der Waals surface area contributed by atoms with Crippen molar-refractivity contribution >= 4 is 5.65 Å². The van der Waals surface area contributed by atoms with Crippen molar-refractivity contribution in [1.29, 1.82) is 0 Å². The van der Waals surface area contributed by atoms with Crippen molar-refractivity contribution in [1.82, 2.24) is 29.3 Å². The molecular weight excluding hydrogens is 649 g/mol. The van der Waals surface area contributed by atoms with Gasteiger partial charge < -0.3 is 0 Å². The number of aryl methyl sites for hydroxylation is 2. The van der Waals surface area contributed by atoms with Crippen LogP contribution >= 0.6 is 0 Å². The second kappa shape index (κ2) is 13.6. The van der Waals surface area contributed by atoms with Crippen LogP contribution in [0.25, 0.3) is 84.6 Å². The molecule has 0 atom stereocenters. The Morgan fingerprint density at radius 3 is 1.57 bits per heavy atom. The molecule has 6 heteroatoms. The first-order chi connectivity index (χ1) is 26.1. The normalized spacial score (nSPS) is 11.2. The van der Waals surface area contributed by atoms with Gasteiger partial charge in [-0.1, -0.05) is 121 Å². The van der Waals surface area contributed by atoms with Crippen LogP contribution in [0.2, 0.25) is 0 Å². The highest BCUT2D eigenvalue weighted by Gasteiger charge is 2.19. The van der Waals surface area contributed by atoms with Gasteiger partial charge in [0.2, 0.25) is 0 Å². The van der Waals surface area contributed by atoms with Gasteiger partial charge in [0.25, 0.3) is 0 Å². The van der Waals surface area contributed by atoms with Gasteiger partial charge in [-0.05, 0) is 73.0 Å². The van der Waals surface area contributed by atoms with Crippen molar-refractivity contribution < 1.29 is 0 Å². The molecule has 9 rings (SSSR count). The second-order valence-corrected chi connectivity index (χ2v) is 13.1. The van der Waals surface area contributed by atoms with Gasteiger partial charge in [0.05, 0.1) is 11.4 Å². The number of hydrogen-bond donors (Lipinski definition) is 0. The predicted octanol–water partition coefficient (Wildman–Crippen LogP) is 11.2. The first kappa shape index (κ1) is 31.9. The second-order valence-electron chi connectivity index (χ2n) is 13.1. The van der Waals surface area contributed by atoms with Crippen LogP contribution in [0.1, 0.15) is 11.4 Å². The highest BCUT2D eigenvalue weighted by Crippen LogP contribution is 2.38. The Labute approximate surface area is 308 Å². The van der Waals surface area contributed by atoms with E-state index < -0.39 is 0 Å². The molecule has 0 amide bonds. The molecule has 9 aromatic rings. The van der Waals surface area contributed by atoms with E-state index in [9.17, 15) is 0 Å². The molecular formula is C47H34N6. The number of pyridine rings is 2. The highest BCUT2D eigenvalue weighted by atomic mass is 15.0. The van der Waals surface area contributed by atoms with E-state index in [1.54, 1.807) is 0 Å². The van der Waals surface area contributed by atoms with Crippen LogP contribution in [-0.2, 0) is 0 Å². The molecule has 0 N–H and O–H groups in total. The van der Waals surface area contributed by atoms with E-state index in [4.69, 9.17) is 24.9 Å². The van der Waals surface area contributed by atoms with Crippen LogP contribution in [0, 0.1) is 13.8 Å². The fourth-order valence-electron chi connectivity index (χ4n) is 6.92. The largest absolute Gasteiger partial charge is 0.299 e. The smallest absolute Gasteiger partial charge is 0.164 e. The number of fused-ring (bicyclic) bond motifs is 1. The zero-order chi connectivity index (χ0) is 35.7. The van der Waals surface area contributed by atoms with Crippen molar-refractivity contribution in [2.24, 2.45) is 0 Å². The number of hydrogen-bond acceptors (Lipinski definition) is 5. The average molecular weight is 683 g/mol. The number of nitrogens with zero attached hydrogens (tertiary/aromatic N) is 6. The van der Waals surface area contributed by atoms with E-state index in [0.29, 0.717) is 17.5 Å². The molecule has 0 aliphatic rings.